The highest BCUT2D eigenvalue weighted by Crippen LogP contribution is 2.35. The molecule has 1 aromatic heterocycles. The van der Waals surface area contributed by atoms with Gasteiger partial charge in [0, 0.05) is 6.07 Å². The van der Waals surface area contributed by atoms with E-state index in [4.69, 9.17) is 13.9 Å². The van der Waals surface area contributed by atoms with Crippen molar-refractivity contribution in [1.29, 1.82) is 5.26 Å². The van der Waals surface area contributed by atoms with Crippen LogP contribution in [-0.4, -0.2) is 11.7 Å². The lowest BCUT2D eigenvalue weighted by atomic mass is 10.1. The normalized spacial score (nSPS) is 12.6. The first-order valence-corrected chi connectivity index (χ1v) is 8.01. The van der Waals surface area contributed by atoms with Crippen LogP contribution in [-0.2, 0) is 0 Å². The van der Waals surface area contributed by atoms with Gasteiger partial charge in [-0.3, -0.25) is 10.1 Å². The van der Waals surface area contributed by atoms with Crippen molar-refractivity contribution >= 4 is 17.3 Å². The van der Waals surface area contributed by atoms with Crippen molar-refractivity contribution in [2.75, 3.05) is 6.79 Å². The second-order valence-corrected chi connectivity index (χ2v) is 5.71. The summed E-state index contributed by atoms with van der Waals surface area (Å²) in [4.78, 5) is 10.7. The van der Waals surface area contributed by atoms with Crippen molar-refractivity contribution in [2.45, 2.75) is 0 Å². The van der Waals surface area contributed by atoms with Gasteiger partial charge in [-0.05, 0) is 48.0 Å². The van der Waals surface area contributed by atoms with Crippen molar-refractivity contribution in [2.24, 2.45) is 0 Å². The lowest BCUT2D eigenvalue weighted by Crippen LogP contribution is -1.92. The van der Waals surface area contributed by atoms with Gasteiger partial charge in [-0.2, -0.15) is 5.26 Å². The van der Waals surface area contributed by atoms with Crippen LogP contribution in [0.1, 0.15) is 11.3 Å². The highest BCUT2D eigenvalue weighted by Gasteiger charge is 2.18. The van der Waals surface area contributed by atoms with Crippen molar-refractivity contribution in [1.82, 2.24) is 0 Å². The average Bonchev–Trinajstić information content (AvgIpc) is 3.34. The Morgan fingerprint density at radius 2 is 1.93 bits per heavy atom. The van der Waals surface area contributed by atoms with E-state index >= 15 is 0 Å². The highest BCUT2D eigenvalue weighted by atomic mass is 16.7. The van der Waals surface area contributed by atoms with Gasteiger partial charge in [-0.25, -0.2) is 0 Å². The number of allylic oxidation sites excluding steroid dienone is 1. The smallest absolute Gasteiger partial charge is 0.280 e. The third kappa shape index (κ3) is 3.12. The first-order chi connectivity index (χ1) is 13.2. The fourth-order valence-electron chi connectivity index (χ4n) is 2.80. The summed E-state index contributed by atoms with van der Waals surface area (Å²) in [5.74, 6) is 1.98. The minimum Gasteiger partial charge on any atom is -0.456 e. The van der Waals surface area contributed by atoms with E-state index in [1.807, 2.05) is 0 Å². The molecule has 4 rings (SSSR count). The number of hydrogen-bond acceptors (Lipinski definition) is 6. The van der Waals surface area contributed by atoms with Gasteiger partial charge in [0.2, 0.25) is 6.79 Å². The minimum atomic E-state index is -0.458. The van der Waals surface area contributed by atoms with E-state index in [0.29, 0.717) is 39.7 Å². The molecule has 0 aliphatic carbocycles. The largest absolute Gasteiger partial charge is 0.456 e. The fraction of sp³-hybridized carbons (Fsp3) is 0.0500. The number of fused-ring (bicyclic) bond motifs is 1. The molecule has 0 radical (unpaired) electrons. The van der Waals surface area contributed by atoms with Crippen molar-refractivity contribution in [3.05, 3.63) is 76.0 Å². The number of nitro groups is 1. The fourth-order valence-corrected chi connectivity index (χ4v) is 2.80. The zero-order valence-corrected chi connectivity index (χ0v) is 13.9. The summed E-state index contributed by atoms with van der Waals surface area (Å²) in [6.45, 7) is 0.155. The zero-order valence-electron chi connectivity index (χ0n) is 13.9. The summed E-state index contributed by atoms with van der Waals surface area (Å²) >= 11 is 0. The van der Waals surface area contributed by atoms with E-state index in [0.717, 1.165) is 0 Å². The average molecular weight is 360 g/mol. The van der Waals surface area contributed by atoms with Crippen LogP contribution >= 0.6 is 0 Å². The van der Waals surface area contributed by atoms with E-state index in [1.165, 1.54) is 6.07 Å². The van der Waals surface area contributed by atoms with Crippen LogP contribution in [0.3, 0.4) is 0 Å². The molecule has 3 aromatic rings. The lowest BCUT2D eigenvalue weighted by molar-refractivity contribution is -0.384. The van der Waals surface area contributed by atoms with Gasteiger partial charge in [0.15, 0.2) is 11.5 Å². The monoisotopic (exact) mass is 360 g/mol. The zero-order chi connectivity index (χ0) is 18.8. The van der Waals surface area contributed by atoms with Gasteiger partial charge in [0.1, 0.15) is 11.5 Å². The minimum absolute atomic E-state index is 0.0429. The maximum atomic E-state index is 11.2. The molecule has 0 saturated carbocycles. The molecule has 132 valence electrons. The number of hydrogen-bond donors (Lipinski definition) is 0. The van der Waals surface area contributed by atoms with Crippen molar-refractivity contribution < 1.29 is 18.8 Å². The Morgan fingerprint density at radius 3 is 2.74 bits per heavy atom. The molecule has 0 atom stereocenters. The van der Waals surface area contributed by atoms with E-state index in [9.17, 15) is 15.4 Å². The standard InChI is InChI=1S/C20H12N2O5/c21-11-14(13-5-7-19-20(10-13)26-12-25-19)9-15-6-8-18(27-15)16-3-1-2-4-17(16)22(23)24/h1-10H,12H2/b14-9+. The Morgan fingerprint density at radius 1 is 1.11 bits per heavy atom. The maximum Gasteiger partial charge on any atom is 0.280 e. The van der Waals surface area contributed by atoms with Crippen molar-refractivity contribution in [3.8, 4) is 28.9 Å². The van der Waals surface area contributed by atoms with E-state index in [1.54, 1.807) is 54.6 Å². The predicted molar refractivity (Wildman–Crippen MR) is 96.8 cm³/mol. The van der Waals surface area contributed by atoms with E-state index in [2.05, 4.69) is 6.07 Å². The Hall–Kier alpha value is -4.05. The number of nitrogens with zero attached hydrogens (tertiary/aromatic N) is 2. The Bertz CT molecular complexity index is 1110. The van der Waals surface area contributed by atoms with E-state index in [-0.39, 0.29) is 12.5 Å². The summed E-state index contributed by atoms with van der Waals surface area (Å²) in [5, 5.41) is 20.7. The van der Waals surface area contributed by atoms with Crippen LogP contribution in [0, 0.1) is 21.4 Å². The molecule has 7 heteroatoms. The van der Waals surface area contributed by atoms with Gasteiger partial charge in [0.25, 0.3) is 5.69 Å². The van der Waals surface area contributed by atoms with Gasteiger partial charge >= 0.3 is 0 Å². The summed E-state index contributed by atoms with van der Waals surface area (Å²) in [5.41, 5.74) is 1.37. The molecule has 0 fully saturated rings. The number of nitriles is 1. The molecule has 0 amide bonds. The molecule has 1 aliphatic heterocycles. The number of para-hydroxylation sites is 1. The number of furan rings is 1. The van der Waals surface area contributed by atoms with Crippen LogP contribution < -0.4 is 9.47 Å². The summed E-state index contributed by atoms with van der Waals surface area (Å²) in [6, 6.07) is 17.0. The first-order valence-electron chi connectivity index (χ1n) is 8.01. The molecule has 1 aliphatic rings. The number of rotatable bonds is 4. The molecular formula is C20H12N2O5. The third-order valence-corrected chi connectivity index (χ3v) is 4.08. The lowest BCUT2D eigenvalue weighted by Gasteiger charge is -2.01. The van der Waals surface area contributed by atoms with Gasteiger partial charge in [-0.1, -0.05) is 12.1 Å². The molecule has 0 bridgehead atoms. The van der Waals surface area contributed by atoms with Gasteiger partial charge in [0.05, 0.1) is 22.1 Å². The molecular weight excluding hydrogens is 348 g/mol. The van der Waals surface area contributed by atoms with Crippen LogP contribution in [0.5, 0.6) is 11.5 Å². The molecule has 2 heterocycles. The summed E-state index contributed by atoms with van der Waals surface area (Å²) < 4.78 is 16.3. The van der Waals surface area contributed by atoms with Crippen LogP contribution in [0.4, 0.5) is 5.69 Å². The Labute approximate surface area is 153 Å². The topological polar surface area (TPSA) is 98.5 Å². The summed E-state index contributed by atoms with van der Waals surface area (Å²) in [6.07, 6.45) is 1.58. The second-order valence-electron chi connectivity index (χ2n) is 5.71. The summed E-state index contributed by atoms with van der Waals surface area (Å²) in [7, 11) is 0. The Kier molecular flexibility index (Phi) is 4.07. The first kappa shape index (κ1) is 16.4. The van der Waals surface area contributed by atoms with Gasteiger partial charge < -0.3 is 13.9 Å². The van der Waals surface area contributed by atoms with Crippen molar-refractivity contribution in [3.63, 3.8) is 0 Å². The maximum absolute atomic E-state index is 11.2. The van der Waals surface area contributed by atoms with E-state index < -0.39 is 4.92 Å². The predicted octanol–water partition coefficient (Wildman–Crippen LogP) is 4.65. The third-order valence-electron chi connectivity index (χ3n) is 4.08. The molecule has 7 nitrogen and oxygen atoms in total. The quantitative estimate of drug-likeness (QED) is 0.381. The molecule has 0 unspecified atom stereocenters. The highest BCUT2D eigenvalue weighted by molar-refractivity contribution is 5.89. The molecule has 2 aromatic carbocycles. The molecule has 0 spiro atoms. The van der Waals surface area contributed by atoms with Gasteiger partial charge in [-0.15, -0.1) is 0 Å². The number of ether oxygens (including phenoxy) is 2. The molecule has 27 heavy (non-hydrogen) atoms. The molecule has 0 saturated heterocycles. The van der Waals surface area contributed by atoms with Crippen LogP contribution in [0.2, 0.25) is 0 Å². The Balaban J connectivity index is 1.69. The molecule has 0 N–H and O–H groups in total. The van der Waals surface area contributed by atoms with Crippen LogP contribution in [0.25, 0.3) is 23.0 Å². The van der Waals surface area contributed by atoms with Crippen LogP contribution in [0.15, 0.2) is 59.0 Å². The SMILES string of the molecule is N#C/C(=C\c1ccc(-c2ccccc2[N+](=O)[O-])o1)c1ccc2c(c1)OCO2. The number of benzene rings is 2. The second kappa shape index (κ2) is 6.69. The number of nitro benzene ring substituents is 1.